The minimum Gasteiger partial charge on any atom is -0.496 e. The Morgan fingerprint density at radius 3 is 2.65 bits per heavy atom. The van der Waals surface area contributed by atoms with Crippen LogP contribution in [0, 0.1) is 0 Å². The number of methoxy groups -OCH3 is 1. The molecular weight excluding hydrogens is 228 g/mol. The standard InChI is InChI=1S/C11H11F2N3O/c1-17-9-4-6(10(12)13)2-3-7(9)8-5-15-16-11(8)14/h2-5,10H,1H3,(H3,14,15,16). The maximum absolute atomic E-state index is 12.5. The Kier molecular flexibility index (Phi) is 2.95. The number of hydrogen-bond donors (Lipinski definition) is 2. The molecule has 17 heavy (non-hydrogen) atoms. The second-order valence-electron chi connectivity index (χ2n) is 3.46. The van der Waals surface area contributed by atoms with Gasteiger partial charge in [0.15, 0.2) is 0 Å². The first-order chi connectivity index (χ1) is 8.13. The number of aromatic nitrogens is 2. The number of aromatic amines is 1. The van der Waals surface area contributed by atoms with Crippen LogP contribution in [0.4, 0.5) is 14.6 Å². The van der Waals surface area contributed by atoms with Crippen LogP contribution in [0.2, 0.25) is 0 Å². The summed E-state index contributed by atoms with van der Waals surface area (Å²) in [5, 5.41) is 6.36. The Balaban J connectivity index is 2.52. The first kappa shape index (κ1) is 11.4. The predicted molar refractivity (Wildman–Crippen MR) is 59.9 cm³/mol. The molecule has 0 saturated carbocycles. The fourth-order valence-corrected chi connectivity index (χ4v) is 1.58. The van der Waals surface area contributed by atoms with Crippen molar-refractivity contribution in [3.8, 4) is 16.9 Å². The van der Waals surface area contributed by atoms with E-state index in [-0.39, 0.29) is 5.56 Å². The average molecular weight is 239 g/mol. The van der Waals surface area contributed by atoms with Gasteiger partial charge in [-0.05, 0) is 12.1 Å². The van der Waals surface area contributed by atoms with Gasteiger partial charge in [0.25, 0.3) is 6.43 Å². The van der Waals surface area contributed by atoms with Crippen LogP contribution in [0.25, 0.3) is 11.1 Å². The number of rotatable bonds is 3. The summed E-state index contributed by atoms with van der Waals surface area (Å²) in [6.45, 7) is 0. The van der Waals surface area contributed by atoms with E-state index in [1.807, 2.05) is 0 Å². The number of nitrogens with zero attached hydrogens (tertiary/aromatic N) is 1. The van der Waals surface area contributed by atoms with Crippen LogP contribution in [-0.2, 0) is 0 Å². The number of nitrogens with two attached hydrogens (primary N) is 1. The summed E-state index contributed by atoms with van der Waals surface area (Å²) in [5.74, 6) is 0.712. The molecular formula is C11H11F2N3O. The molecule has 4 nitrogen and oxygen atoms in total. The zero-order valence-electron chi connectivity index (χ0n) is 9.08. The molecule has 1 aromatic heterocycles. The fourth-order valence-electron chi connectivity index (χ4n) is 1.58. The Morgan fingerprint density at radius 2 is 2.12 bits per heavy atom. The normalized spacial score (nSPS) is 10.8. The van der Waals surface area contributed by atoms with Crippen molar-refractivity contribution >= 4 is 5.82 Å². The molecule has 0 fully saturated rings. The van der Waals surface area contributed by atoms with E-state index in [9.17, 15) is 8.78 Å². The summed E-state index contributed by atoms with van der Waals surface area (Å²) in [4.78, 5) is 0. The summed E-state index contributed by atoms with van der Waals surface area (Å²) in [6.07, 6.45) is -1.01. The molecule has 0 spiro atoms. The number of ether oxygens (including phenoxy) is 1. The largest absolute Gasteiger partial charge is 0.496 e. The number of alkyl halides is 2. The minimum absolute atomic E-state index is 0.0901. The first-order valence-corrected chi connectivity index (χ1v) is 4.88. The van der Waals surface area contributed by atoms with E-state index in [0.717, 1.165) is 0 Å². The van der Waals surface area contributed by atoms with Crippen molar-refractivity contribution in [3.05, 3.63) is 30.0 Å². The van der Waals surface area contributed by atoms with Gasteiger partial charge in [0.1, 0.15) is 11.6 Å². The van der Waals surface area contributed by atoms with Gasteiger partial charge in [-0.3, -0.25) is 5.10 Å². The Bertz CT molecular complexity index is 525. The molecule has 0 bridgehead atoms. The Morgan fingerprint density at radius 1 is 1.35 bits per heavy atom. The van der Waals surface area contributed by atoms with Crippen LogP contribution in [0.5, 0.6) is 5.75 Å². The molecule has 0 unspecified atom stereocenters. The third kappa shape index (κ3) is 2.06. The molecule has 6 heteroatoms. The van der Waals surface area contributed by atoms with E-state index in [1.54, 1.807) is 6.07 Å². The second kappa shape index (κ2) is 4.40. The molecule has 1 aromatic carbocycles. The smallest absolute Gasteiger partial charge is 0.263 e. The van der Waals surface area contributed by atoms with Crippen molar-refractivity contribution in [2.45, 2.75) is 6.43 Å². The lowest BCUT2D eigenvalue weighted by Gasteiger charge is -2.09. The lowest BCUT2D eigenvalue weighted by Crippen LogP contribution is -1.93. The number of nitrogen functional groups attached to an aromatic ring is 1. The molecule has 0 radical (unpaired) electrons. The van der Waals surface area contributed by atoms with Crippen molar-refractivity contribution in [1.82, 2.24) is 10.2 Å². The maximum Gasteiger partial charge on any atom is 0.263 e. The quantitative estimate of drug-likeness (QED) is 0.865. The van der Waals surface area contributed by atoms with Gasteiger partial charge in [-0.15, -0.1) is 0 Å². The fraction of sp³-hybridized carbons (Fsp3) is 0.182. The van der Waals surface area contributed by atoms with Gasteiger partial charge in [0, 0.05) is 16.7 Å². The highest BCUT2D eigenvalue weighted by Crippen LogP contribution is 2.35. The van der Waals surface area contributed by atoms with Crippen molar-refractivity contribution in [3.63, 3.8) is 0 Å². The predicted octanol–water partition coefficient (Wildman–Crippen LogP) is 2.61. The van der Waals surface area contributed by atoms with Crippen LogP contribution >= 0.6 is 0 Å². The molecule has 0 aliphatic heterocycles. The van der Waals surface area contributed by atoms with E-state index in [4.69, 9.17) is 10.5 Å². The number of nitrogens with one attached hydrogen (secondary N) is 1. The van der Waals surface area contributed by atoms with Crippen LogP contribution in [0.1, 0.15) is 12.0 Å². The van der Waals surface area contributed by atoms with Crippen molar-refractivity contribution in [1.29, 1.82) is 0 Å². The van der Waals surface area contributed by atoms with Crippen LogP contribution in [0.3, 0.4) is 0 Å². The Hall–Kier alpha value is -2.11. The molecule has 0 aliphatic carbocycles. The molecule has 0 saturated heterocycles. The van der Waals surface area contributed by atoms with Gasteiger partial charge in [-0.25, -0.2) is 8.78 Å². The highest BCUT2D eigenvalue weighted by molar-refractivity contribution is 5.78. The van der Waals surface area contributed by atoms with Gasteiger partial charge in [-0.2, -0.15) is 5.10 Å². The second-order valence-corrected chi connectivity index (χ2v) is 3.46. The zero-order chi connectivity index (χ0) is 12.4. The zero-order valence-corrected chi connectivity index (χ0v) is 9.08. The van der Waals surface area contributed by atoms with Gasteiger partial charge in [-0.1, -0.05) is 6.07 Å². The molecule has 90 valence electrons. The summed E-state index contributed by atoms with van der Waals surface area (Å²) < 4.78 is 30.2. The topological polar surface area (TPSA) is 63.9 Å². The molecule has 2 rings (SSSR count). The highest BCUT2D eigenvalue weighted by Gasteiger charge is 2.14. The summed E-state index contributed by atoms with van der Waals surface area (Å²) in [5.41, 5.74) is 6.84. The summed E-state index contributed by atoms with van der Waals surface area (Å²) >= 11 is 0. The van der Waals surface area contributed by atoms with Crippen LogP contribution in [0.15, 0.2) is 24.4 Å². The third-order valence-electron chi connectivity index (χ3n) is 2.44. The number of hydrogen-bond acceptors (Lipinski definition) is 3. The van der Waals surface area contributed by atoms with Crippen molar-refractivity contribution in [2.24, 2.45) is 0 Å². The third-order valence-corrected chi connectivity index (χ3v) is 2.44. The summed E-state index contributed by atoms with van der Waals surface area (Å²) in [6, 6.07) is 4.18. The maximum atomic E-state index is 12.5. The number of H-pyrrole nitrogens is 1. The number of halogens is 2. The minimum atomic E-state index is -2.53. The van der Waals surface area contributed by atoms with E-state index < -0.39 is 6.43 Å². The number of benzene rings is 1. The molecule has 2 aromatic rings. The monoisotopic (exact) mass is 239 g/mol. The molecule has 0 amide bonds. The van der Waals surface area contributed by atoms with Gasteiger partial charge < -0.3 is 10.5 Å². The van der Waals surface area contributed by atoms with Crippen LogP contribution < -0.4 is 10.5 Å². The number of anilines is 1. The van der Waals surface area contributed by atoms with E-state index in [1.165, 1.54) is 25.4 Å². The van der Waals surface area contributed by atoms with Crippen molar-refractivity contribution < 1.29 is 13.5 Å². The van der Waals surface area contributed by atoms with Crippen molar-refractivity contribution in [2.75, 3.05) is 12.8 Å². The highest BCUT2D eigenvalue weighted by atomic mass is 19.3. The molecule has 0 atom stereocenters. The average Bonchev–Trinajstić information content (AvgIpc) is 2.74. The summed E-state index contributed by atoms with van der Waals surface area (Å²) in [7, 11) is 1.42. The lowest BCUT2D eigenvalue weighted by molar-refractivity contribution is 0.151. The first-order valence-electron chi connectivity index (χ1n) is 4.88. The Labute approximate surface area is 96.4 Å². The van der Waals surface area contributed by atoms with E-state index in [0.29, 0.717) is 22.7 Å². The van der Waals surface area contributed by atoms with Gasteiger partial charge in [0.05, 0.1) is 13.3 Å². The van der Waals surface area contributed by atoms with E-state index >= 15 is 0 Å². The SMILES string of the molecule is COc1cc(C(F)F)ccc1-c1cn[nH]c1N. The molecule has 1 heterocycles. The molecule has 3 N–H and O–H groups in total. The van der Waals surface area contributed by atoms with Crippen LogP contribution in [-0.4, -0.2) is 17.3 Å². The lowest BCUT2D eigenvalue weighted by atomic mass is 10.0. The molecule has 0 aliphatic rings. The van der Waals surface area contributed by atoms with E-state index in [2.05, 4.69) is 10.2 Å². The van der Waals surface area contributed by atoms with Gasteiger partial charge >= 0.3 is 0 Å². The van der Waals surface area contributed by atoms with Gasteiger partial charge in [0.2, 0.25) is 0 Å².